The van der Waals surface area contributed by atoms with Crippen LogP contribution in [-0.4, -0.2) is 24.9 Å². The number of nitrogens with zero attached hydrogens (tertiary/aromatic N) is 1. The molecule has 5 rings (SSSR count). The fraction of sp³-hybridized carbons (Fsp3) is 0.290. The summed E-state index contributed by atoms with van der Waals surface area (Å²) in [6.45, 7) is 5.74. The largest absolute Gasteiger partial charge is 0.440 e. The summed E-state index contributed by atoms with van der Waals surface area (Å²) in [6.07, 6.45) is 4.11. The van der Waals surface area contributed by atoms with Crippen molar-refractivity contribution in [1.82, 2.24) is 4.98 Å². The van der Waals surface area contributed by atoms with Gasteiger partial charge in [0.1, 0.15) is 11.6 Å². The molecule has 4 aromatic rings. The van der Waals surface area contributed by atoms with E-state index in [1.165, 1.54) is 17.7 Å². The molecule has 1 aliphatic rings. The van der Waals surface area contributed by atoms with Crippen molar-refractivity contribution in [1.29, 1.82) is 0 Å². The second kappa shape index (κ2) is 9.95. The predicted molar refractivity (Wildman–Crippen MR) is 144 cm³/mol. The molecule has 0 radical (unpaired) electrons. The lowest BCUT2D eigenvalue weighted by molar-refractivity contribution is -0.117. The second-order valence-corrected chi connectivity index (χ2v) is 12.4. The Kier molecular flexibility index (Phi) is 6.82. The lowest BCUT2D eigenvalue weighted by atomic mass is 9.85. The normalized spacial score (nSPS) is 14.4. The molecule has 0 amide bonds. The van der Waals surface area contributed by atoms with Crippen LogP contribution >= 0.6 is 0 Å². The number of Topliss-reactive ketones (excluding diaryl/α,β-unsaturated/α-hetero) is 1. The maximum atomic E-state index is 13.3. The minimum Gasteiger partial charge on any atom is -0.440 e. The maximum absolute atomic E-state index is 13.3. The molecule has 0 bridgehead atoms. The molecule has 3 aromatic carbocycles. The fourth-order valence-corrected chi connectivity index (χ4v) is 6.23. The van der Waals surface area contributed by atoms with Crippen LogP contribution < -0.4 is 0 Å². The highest BCUT2D eigenvalue weighted by Gasteiger charge is 2.51. The Labute approximate surface area is 222 Å². The average molecular weight is 532 g/mol. The van der Waals surface area contributed by atoms with E-state index in [-0.39, 0.29) is 34.1 Å². The van der Waals surface area contributed by atoms with Crippen molar-refractivity contribution >= 4 is 15.6 Å². The van der Waals surface area contributed by atoms with Gasteiger partial charge in [-0.25, -0.2) is 17.8 Å². The number of aryl methyl sites for hydroxylation is 2. The van der Waals surface area contributed by atoms with E-state index >= 15 is 0 Å². The SMILES string of the molecule is CCS(=O)(=O)c1ccc(CC(=O)Cc2cc(C)c(C3(c4ncc(-c5ccc(F)cc5)o4)CC3)c(C)c2)cc1. The van der Waals surface area contributed by atoms with Gasteiger partial charge in [-0.1, -0.05) is 31.2 Å². The summed E-state index contributed by atoms with van der Waals surface area (Å²) in [6, 6.07) is 16.9. The molecule has 0 saturated heterocycles. The Balaban J connectivity index is 1.32. The van der Waals surface area contributed by atoms with Crippen LogP contribution in [0.25, 0.3) is 11.3 Å². The minimum atomic E-state index is -3.26. The van der Waals surface area contributed by atoms with Gasteiger partial charge in [-0.2, -0.15) is 0 Å². The van der Waals surface area contributed by atoms with Crippen LogP contribution in [0.3, 0.4) is 0 Å². The Morgan fingerprint density at radius 3 is 2.13 bits per heavy atom. The van der Waals surface area contributed by atoms with Gasteiger partial charge in [0.05, 0.1) is 22.3 Å². The summed E-state index contributed by atoms with van der Waals surface area (Å²) in [5.41, 5.74) is 5.64. The van der Waals surface area contributed by atoms with Crippen molar-refractivity contribution in [2.45, 2.75) is 56.8 Å². The third-order valence-corrected chi connectivity index (χ3v) is 9.08. The number of hydrogen-bond acceptors (Lipinski definition) is 5. The first-order valence-electron chi connectivity index (χ1n) is 12.8. The van der Waals surface area contributed by atoms with Crippen molar-refractivity contribution in [2.24, 2.45) is 0 Å². The lowest BCUT2D eigenvalue weighted by Crippen LogP contribution is -2.14. The van der Waals surface area contributed by atoms with E-state index in [9.17, 15) is 17.6 Å². The molecular formula is C31H30FNO4S. The van der Waals surface area contributed by atoms with Crippen molar-refractivity contribution < 1.29 is 22.0 Å². The van der Waals surface area contributed by atoms with Crippen molar-refractivity contribution in [3.63, 3.8) is 0 Å². The quantitative estimate of drug-likeness (QED) is 0.252. The summed E-state index contributed by atoms with van der Waals surface area (Å²) in [4.78, 5) is 17.7. The number of ketones is 1. The number of oxazole rings is 1. The van der Waals surface area contributed by atoms with Crippen molar-refractivity contribution in [3.05, 3.63) is 106 Å². The number of halogens is 1. The van der Waals surface area contributed by atoms with Gasteiger partial charge in [0.15, 0.2) is 15.6 Å². The van der Waals surface area contributed by atoms with Crippen LogP contribution in [-0.2, 0) is 32.9 Å². The molecule has 1 saturated carbocycles. The molecule has 196 valence electrons. The molecule has 38 heavy (non-hydrogen) atoms. The van der Waals surface area contributed by atoms with Crippen molar-refractivity contribution in [2.75, 3.05) is 5.75 Å². The highest BCUT2D eigenvalue weighted by molar-refractivity contribution is 7.91. The van der Waals surface area contributed by atoms with Gasteiger partial charge in [0.2, 0.25) is 5.89 Å². The van der Waals surface area contributed by atoms with Crippen LogP contribution in [0.4, 0.5) is 4.39 Å². The monoisotopic (exact) mass is 531 g/mol. The van der Waals surface area contributed by atoms with Gasteiger partial charge in [-0.3, -0.25) is 4.79 Å². The summed E-state index contributed by atoms with van der Waals surface area (Å²) >= 11 is 0. The summed E-state index contributed by atoms with van der Waals surface area (Å²) in [7, 11) is -3.26. The van der Waals surface area contributed by atoms with Crippen LogP contribution in [0.2, 0.25) is 0 Å². The molecule has 0 unspecified atom stereocenters. The van der Waals surface area contributed by atoms with Crippen LogP contribution in [0, 0.1) is 19.7 Å². The van der Waals surface area contributed by atoms with Gasteiger partial charge in [-0.05, 0) is 90.9 Å². The number of benzene rings is 3. The van der Waals surface area contributed by atoms with E-state index in [0.29, 0.717) is 18.1 Å². The molecule has 0 N–H and O–H groups in total. The van der Waals surface area contributed by atoms with Crippen LogP contribution in [0.1, 0.15) is 53.5 Å². The molecule has 5 nitrogen and oxygen atoms in total. The van der Waals surface area contributed by atoms with Gasteiger partial charge < -0.3 is 4.42 Å². The molecular weight excluding hydrogens is 501 g/mol. The van der Waals surface area contributed by atoms with Gasteiger partial charge in [0, 0.05) is 18.4 Å². The number of sulfone groups is 1. The fourth-order valence-electron chi connectivity index (χ4n) is 5.35. The Bertz CT molecular complexity index is 1580. The molecule has 1 heterocycles. The zero-order valence-electron chi connectivity index (χ0n) is 21.8. The molecule has 0 aliphatic heterocycles. The van der Waals surface area contributed by atoms with E-state index in [2.05, 4.69) is 31.0 Å². The number of carbonyl (C=O) groups excluding carboxylic acids is 1. The maximum Gasteiger partial charge on any atom is 0.205 e. The van der Waals surface area contributed by atoms with Gasteiger partial charge in [-0.15, -0.1) is 0 Å². The lowest BCUT2D eigenvalue weighted by Gasteiger charge is -2.19. The summed E-state index contributed by atoms with van der Waals surface area (Å²) in [5, 5.41) is 0. The van der Waals surface area contributed by atoms with Gasteiger partial charge >= 0.3 is 0 Å². The van der Waals surface area contributed by atoms with Crippen LogP contribution in [0.5, 0.6) is 0 Å². The number of aromatic nitrogens is 1. The second-order valence-electron chi connectivity index (χ2n) is 10.2. The zero-order chi connectivity index (χ0) is 27.1. The third-order valence-electron chi connectivity index (χ3n) is 7.33. The highest BCUT2D eigenvalue weighted by Crippen LogP contribution is 2.55. The number of rotatable bonds is 9. The molecule has 1 aliphatic carbocycles. The smallest absolute Gasteiger partial charge is 0.205 e. The minimum absolute atomic E-state index is 0.0483. The van der Waals surface area contributed by atoms with E-state index in [1.54, 1.807) is 49.5 Å². The summed E-state index contributed by atoms with van der Waals surface area (Å²) in [5.74, 6) is 1.11. The molecule has 7 heteroatoms. The predicted octanol–water partition coefficient (Wildman–Crippen LogP) is 6.33. The van der Waals surface area contributed by atoms with Crippen molar-refractivity contribution in [3.8, 4) is 11.3 Å². The first-order chi connectivity index (χ1) is 18.1. The first kappa shape index (κ1) is 26.0. The number of hydrogen-bond donors (Lipinski definition) is 0. The van der Waals surface area contributed by atoms with E-state index in [4.69, 9.17) is 4.42 Å². The summed E-state index contributed by atoms with van der Waals surface area (Å²) < 4.78 is 43.5. The number of carbonyl (C=O) groups is 1. The Morgan fingerprint density at radius 2 is 1.55 bits per heavy atom. The van der Waals surface area contributed by atoms with E-state index in [0.717, 1.165) is 40.7 Å². The van der Waals surface area contributed by atoms with E-state index < -0.39 is 9.84 Å². The van der Waals surface area contributed by atoms with E-state index in [1.807, 2.05) is 0 Å². The zero-order valence-corrected chi connectivity index (χ0v) is 22.6. The Morgan fingerprint density at radius 1 is 0.947 bits per heavy atom. The average Bonchev–Trinajstić information content (AvgIpc) is 3.51. The third kappa shape index (κ3) is 5.07. The standard InChI is InChI=1S/C31H30FNO4S/c1-4-38(35,36)27-11-5-22(6-12-27)17-26(34)18-23-15-20(2)29(21(3)16-23)31(13-14-31)30-33-19-28(37-30)24-7-9-25(32)10-8-24/h5-12,15-16,19H,4,13-14,17-18H2,1-3H3. The molecule has 0 atom stereocenters. The first-order valence-corrected chi connectivity index (χ1v) is 14.4. The van der Waals surface area contributed by atoms with Crippen LogP contribution in [0.15, 0.2) is 76.2 Å². The molecule has 1 aromatic heterocycles. The highest BCUT2D eigenvalue weighted by atomic mass is 32.2. The molecule has 1 fully saturated rings. The Hall–Kier alpha value is -3.58. The molecule has 0 spiro atoms. The topological polar surface area (TPSA) is 77.2 Å². The van der Waals surface area contributed by atoms with Gasteiger partial charge in [0.25, 0.3) is 0 Å².